The van der Waals surface area contributed by atoms with Gasteiger partial charge in [-0.2, -0.15) is 0 Å². The molecule has 1 N–H and O–H groups in total. The van der Waals surface area contributed by atoms with Crippen LogP contribution in [0, 0.1) is 0 Å². The van der Waals surface area contributed by atoms with Gasteiger partial charge in [-0.3, -0.25) is 4.79 Å². The molecule has 0 aliphatic carbocycles. The van der Waals surface area contributed by atoms with Crippen molar-refractivity contribution in [1.29, 1.82) is 0 Å². The lowest BCUT2D eigenvalue weighted by Gasteiger charge is -2.08. The monoisotopic (exact) mass is 222 g/mol. The molecule has 0 aliphatic heterocycles. The Morgan fingerprint density at radius 1 is 1.56 bits per heavy atom. The summed E-state index contributed by atoms with van der Waals surface area (Å²) in [5.74, 6) is 0.596. The number of carbonyl (C=O) groups is 1. The average Bonchev–Trinajstić information content (AvgIpc) is 2.74. The number of hydrogen-bond acceptors (Lipinski definition) is 3. The van der Waals surface area contributed by atoms with Gasteiger partial charge in [-0.15, -0.1) is 0 Å². The van der Waals surface area contributed by atoms with Crippen LogP contribution in [-0.4, -0.2) is 38.0 Å². The van der Waals surface area contributed by atoms with Crippen molar-refractivity contribution in [3.05, 3.63) is 30.2 Å². The fourth-order valence-corrected chi connectivity index (χ4v) is 1.21. The number of carbonyl (C=O) groups excluding carboxylic acids is 1. The fraction of sp³-hybridized carbons (Fsp3) is 0.417. The highest BCUT2D eigenvalue weighted by atomic mass is 16.3. The predicted molar refractivity (Wildman–Crippen MR) is 63.9 cm³/mol. The van der Waals surface area contributed by atoms with Crippen molar-refractivity contribution < 1.29 is 9.21 Å². The first-order valence-electron chi connectivity index (χ1n) is 5.32. The lowest BCUT2D eigenvalue weighted by atomic mass is 10.3. The molecule has 1 aromatic rings. The Morgan fingerprint density at radius 2 is 2.38 bits per heavy atom. The highest BCUT2D eigenvalue weighted by molar-refractivity contribution is 5.91. The quantitative estimate of drug-likeness (QED) is 0.584. The Kier molecular flexibility index (Phi) is 5.36. The van der Waals surface area contributed by atoms with Gasteiger partial charge < -0.3 is 14.6 Å². The summed E-state index contributed by atoms with van der Waals surface area (Å²) >= 11 is 0. The summed E-state index contributed by atoms with van der Waals surface area (Å²) in [6, 6.07) is 3.59. The number of amides is 1. The van der Waals surface area contributed by atoms with Gasteiger partial charge in [-0.25, -0.2) is 0 Å². The second-order valence-electron chi connectivity index (χ2n) is 3.80. The number of nitrogens with zero attached hydrogens (tertiary/aromatic N) is 1. The van der Waals surface area contributed by atoms with E-state index in [4.69, 9.17) is 4.42 Å². The van der Waals surface area contributed by atoms with Gasteiger partial charge in [0, 0.05) is 12.6 Å². The van der Waals surface area contributed by atoms with Crippen LogP contribution >= 0.6 is 0 Å². The van der Waals surface area contributed by atoms with Gasteiger partial charge in [0.05, 0.1) is 6.26 Å². The molecular weight excluding hydrogens is 204 g/mol. The second-order valence-corrected chi connectivity index (χ2v) is 3.80. The van der Waals surface area contributed by atoms with Gasteiger partial charge >= 0.3 is 0 Å². The van der Waals surface area contributed by atoms with E-state index in [0.29, 0.717) is 12.3 Å². The topological polar surface area (TPSA) is 45.5 Å². The lowest BCUT2D eigenvalue weighted by molar-refractivity contribution is -0.116. The molecule has 1 amide bonds. The van der Waals surface area contributed by atoms with Crippen LogP contribution in [-0.2, 0) is 4.79 Å². The molecule has 0 saturated heterocycles. The van der Waals surface area contributed by atoms with Crippen LogP contribution < -0.4 is 5.32 Å². The first kappa shape index (κ1) is 12.5. The molecule has 0 spiro atoms. The smallest absolute Gasteiger partial charge is 0.244 e. The molecule has 0 unspecified atom stereocenters. The van der Waals surface area contributed by atoms with E-state index in [0.717, 1.165) is 13.0 Å². The SMILES string of the molecule is CN(C)CCCNC(=O)C=Cc1ccco1. The Morgan fingerprint density at radius 3 is 3.00 bits per heavy atom. The van der Waals surface area contributed by atoms with Crippen molar-refractivity contribution in [2.24, 2.45) is 0 Å². The molecule has 0 saturated carbocycles. The van der Waals surface area contributed by atoms with Crippen LogP contribution in [0.2, 0.25) is 0 Å². The van der Waals surface area contributed by atoms with Crippen molar-refractivity contribution in [3.63, 3.8) is 0 Å². The molecular formula is C12H18N2O2. The number of hydrogen-bond donors (Lipinski definition) is 1. The van der Waals surface area contributed by atoms with E-state index in [-0.39, 0.29) is 5.91 Å². The minimum Gasteiger partial charge on any atom is -0.465 e. The molecule has 1 aromatic heterocycles. The number of nitrogens with one attached hydrogen (secondary N) is 1. The third-order valence-electron chi connectivity index (χ3n) is 2.02. The third kappa shape index (κ3) is 5.36. The summed E-state index contributed by atoms with van der Waals surface area (Å²) in [6.45, 7) is 1.67. The van der Waals surface area contributed by atoms with Crippen LogP contribution in [0.1, 0.15) is 12.2 Å². The Balaban J connectivity index is 2.16. The van der Waals surface area contributed by atoms with Gasteiger partial charge in [0.15, 0.2) is 0 Å². The predicted octanol–water partition coefficient (Wildman–Crippen LogP) is 1.36. The Hall–Kier alpha value is -1.55. The molecule has 1 rings (SSSR count). The lowest BCUT2D eigenvalue weighted by Crippen LogP contribution is -2.25. The Bertz CT molecular complexity index is 329. The molecule has 0 radical (unpaired) electrons. The van der Waals surface area contributed by atoms with Crippen LogP contribution in [0.15, 0.2) is 28.9 Å². The zero-order chi connectivity index (χ0) is 11.8. The molecule has 0 fully saturated rings. The average molecular weight is 222 g/mol. The maximum absolute atomic E-state index is 11.3. The zero-order valence-corrected chi connectivity index (χ0v) is 9.77. The Labute approximate surface area is 95.9 Å². The molecule has 88 valence electrons. The molecule has 16 heavy (non-hydrogen) atoms. The van der Waals surface area contributed by atoms with Gasteiger partial charge in [-0.1, -0.05) is 0 Å². The standard InChI is InChI=1S/C12H18N2O2/c1-14(2)9-4-8-13-12(15)7-6-11-5-3-10-16-11/h3,5-7,10H,4,8-9H2,1-2H3,(H,13,15). The number of furan rings is 1. The minimum atomic E-state index is -0.0878. The molecule has 0 aromatic carbocycles. The van der Waals surface area contributed by atoms with Gasteiger partial charge in [0.1, 0.15) is 5.76 Å². The maximum Gasteiger partial charge on any atom is 0.244 e. The summed E-state index contributed by atoms with van der Waals surface area (Å²) in [4.78, 5) is 13.4. The van der Waals surface area contributed by atoms with Gasteiger partial charge in [0.25, 0.3) is 0 Å². The van der Waals surface area contributed by atoms with Crippen LogP contribution in [0.25, 0.3) is 6.08 Å². The molecule has 0 atom stereocenters. The maximum atomic E-state index is 11.3. The molecule has 4 nitrogen and oxygen atoms in total. The van der Waals surface area contributed by atoms with Crippen LogP contribution in [0.5, 0.6) is 0 Å². The van der Waals surface area contributed by atoms with E-state index < -0.39 is 0 Å². The van der Waals surface area contributed by atoms with Crippen molar-refractivity contribution in [1.82, 2.24) is 10.2 Å². The number of rotatable bonds is 6. The fourth-order valence-electron chi connectivity index (χ4n) is 1.21. The van der Waals surface area contributed by atoms with Crippen molar-refractivity contribution in [3.8, 4) is 0 Å². The van der Waals surface area contributed by atoms with E-state index in [1.165, 1.54) is 6.08 Å². The third-order valence-corrected chi connectivity index (χ3v) is 2.02. The summed E-state index contributed by atoms with van der Waals surface area (Å²) in [5.41, 5.74) is 0. The molecule has 0 bridgehead atoms. The minimum absolute atomic E-state index is 0.0878. The van der Waals surface area contributed by atoms with Crippen LogP contribution in [0.3, 0.4) is 0 Å². The van der Waals surface area contributed by atoms with Gasteiger partial charge in [0.2, 0.25) is 5.91 Å². The van der Waals surface area contributed by atoms with E-state index >= 15 is 0 Å². The van der Waals surface area contributed by atoms with Crippen molar-refractivity contribution >= 4 is 12.0 Å². The summed E-state index contributed by atoms with van der Waals surface area (Å²) in [7, 11) is 4.03. The molecule has 4 heteroatoms. The van der Waals surface area contributed by atoms with E-state index in [1.807, 2.05) is 14.1 Å². The molecule has 1 heterocycles. The first-order chi connectivity index (χ1) is 7.68. The second kappa shape index (κ2) is 6.85. The highest BCUT2D eigenvalue weighted by Gasteiger charge is 1.96. The van der Waals surface area contributed by atoms with Crippen molar-refractivity contribution in [2.75, 3.05) is 27.2 Å². The summed E-state index contributed by atoms with van der Waals surface area (Å²) in [5, 5.41) is 2.81. The normalized spacial score (nSPS) is 11.2. The first-order valence-corrected chi connectivity index (χ1v) is 5.32. The zero-order valence-electron chi connectivity index (χ0n) is 9.77. The summed E-state index contributed by atoms with van der Waals surface area (Å²) < 4.78 is 5.07. The van der Waals surface area contributed by atoms with E-state index in [2.05, 4.69) is 10.2 Å². The largest absolute Gasteiger partial charge is 0.465 e. The highest BCUT2D eigenvalue weighted by Crippen LogP contribution is 2.01. The van der Waals surface area contributed by atoms with E-state index in [1.54, 1.807) is 24.5 Å². The van der Waals surface area contributed by atoms with Crippen molar-refractivity contribution in [2.45, 2.75) is 6.42 Å². The molecule has 0 aliphatic rings. The summed E-state index contributed by atoms with van der Waals surface area (Å²) in [6.07, 6.45) is 5.66. The van der Waals surface area contributed by atoms with Gasteiger partial charge in [-0.05, 0) is 45.3 Å². The van der Waals surface area contributed by atoms with Crippen LogP contribution in [0.4, 0.5) is 0 Å². The van der Waals surface area contributed by atoms with E-state index in [9.17, 15) is 4.79 Å².